The molecule has 0 unspecified atom stereocenters. The zero-order valence-corrected chi connectivity index (χ0v) is 15.6. The van der Waals surface area contributed by atoms with E-state index in [1.54, 1.807) is 36.4 Å². The summed E-state index contributed by atoms with van der Waals surface area (Å²) in [6.45, 7) is 2.32. The molecule has 0 saturated carbocycles. The summed E-state index contributed by atoms with van der Waals surface area (Å²) >= 11 is 0. The minimum Gasteiger partial charge on any atom is -0.356 e. The van der Waals surface area contributed by atoms with Gasteiger partial charge in [-0.2, -0.15) is 0 Å². The first-order chi connectivity index (χ1) is 12.9. The SMILES string of the molecule is Cc1noc2ccc(NC(=O)c3ccc(N4CCCCS4(=O)=O)cc3)cc12. The van der Waals surface area contributed by atoms with Crippen molar-refractivity contribution in [3.63, 3.8) is 0 Å². The van der Waals surface area contributed by atoms with Crippen molar-refractivity contribution >= 4 is 38.3 Å². The van der Waals surface area contributed by atoms with Gasteiger partial charge in [0.15, 0.2) is 5.58 Å². The van der Waals surface area contributed by atoms with E-state index in [4.69, 9.17) is 4.52 Å². The van der Waals surface area contributed by atoms with Crippen molar-refractivity contribution in [2.24, 2.45) is 0 Å². The van der Waals surface area contributed by atoms with Gasteiger partial charge in [-0.05, 0) is 62.2 Å². The standard InChI is InChI=1S/C19H19N3O4S/c1-13-17-12-15(6-9-18(17)26-21-13)20-19(23)14-4-7-16(8-5-14)22-10-2-3-11-27(22,24)25/h4-9,12H,2-3,10-11H2,1H3,(H,20,23). The number of amides is 1. The number of rotatable bonds is 3. The topological polar surface area (TPSA) is 92.5 Å². The molecule has 0 atom stereocenters. The highest BCUT2D eigenvalue weighted by Crippen LogP contribution is 2.25. The molecule has 2 aromatic carbocycles. The summed E-state index contributed by atoms with van der Waals surface area (Å²) in [5, 5.41) is 7.59. The zero-order valence-electron chi connectivity index (χ0n) is 14.8. The number of aryl methyl sites for hydroxylation is 1. The number of nitrogens with zero attached hydrogens (tertiary/aromatic N) is 2. The van der Waals surface area contributed by atoms with E-state index >= 15 is 0 Å². The second-order valence-electron chi connectivity index (χ2n) is 6.58. The minimum atomic E-state index is -3.26. The van der Waals surface area contributed by atoms with Gasteiger partial charge in [-0.25, -0.2) is 8.42 Å². The molecule has 2 heterocycles. The first-order valence-electron chi connectivity index (χ1n) is 8.72. The van der Waals surface area contributed by atoms with Crippen molar-refractivity contribution in [1.82, 2.24) is 5.16 Å². The van der Waals surface area contributed by atoms with Crippen LogP contribution in [0, 0.1) is 6.92 Å². The fourth-order valence-corrected chi connectivity index (χ4v) is 4.84. The summed E-state index contributed by atoms with van der Waals surface area (Å²) in [5.74, 6) is -0.100. The van der Waals surface area contributed by atoms with E-state index in [2.05, 4.69) is 10.5 Å². The van der Waals surface area contributed by atoms with Gasteiger partial charge in [-0.3, -0.25) is 9.10 Å². The van der Waals surface area contributed by atoms with Gasteiger partial charge >= 0.3 is 0 Å². The van der Waals surface area contributed by atoms with Crippen LogP contribution in [0.15, 0.2) is 47.0 Å². The summed E-state index contributed by atoms with van der Waals surface area (Å²) in [7, 11) is -3.26. The molecular weight excluding hydrogens is 366 g/mol. The van der Waals surface area contributed by atoms with Crippen molar-refractivity contribution in [3.05, 3.63) is 53.7 Å². The number of carbonyl (C=O) groups is 1. The molecule has 7 nitrogen and oxygen atoms in total. The minimum absolute atomic E-state index is 0.167. The molecule has 4 rings (SSSR count). The number of nitrogens with one attached hydrogen (secondary N) is 1. The molecule has 1 aliphatic heterocycles. The Balaban J connectivity index is 1.52. The molecule has 0 spiro atoms. The molecule has 1 N–H and O–H groups in total. The summed E-state index contributed by atoms with van der Waals surface area (Å²) in [6.07, 6.45) is 1.53. The zero-order chi connectivity index (χ0) is 19.0. The molecule has 27 heavy (non-hydrogen) atoms. The van der Waals surface area contributed by atoms with Crippen LogP contribution in [0.5, 0.6) is 0 Å². The Bertz CT molecular complexity index is 1100. The summed E-state index contributed by atoms with van der Waals surface area (Å²) in [4.78, 5) is 12.5. The Morgan fingerprint density at radius 2 is 1.93 bits per heavy atom. The summed E-state index contributed by atoms with van der Waals surface area (Å²) < 4.78 is 31.0. The number of hydrogen-bond acceptors (Lipinski definition) is 5. The number of sulfonamides is 1. The van der Waals surface area contributed by atoms with E-state index in [1.165, 1.54) is 4.31 Å². The Hall–Kier alpha value is -2.87. The maximum Gasteiger partial charge on any atom is 0.255 e. The highest BCUT2D eigenvalue weighted by Gasteiger charge is 2.26. The average Bonchev–Trinajstić information content (AvgIpc) is 3.02. The van der Waals surface area contributed by atoms with Crippen molar-refractivity contribution in [2.75, 3.05) is 21.9 Å². The second-order valence-corrected chi connectivity index (χ2v) is 8.59. The maximum absolute atomic E-state index is 12.5. The van der Waals surface area contributed by atoms with Crippen molar-refractivity contribution in [1.29, 1.82) is 0 Å². The fourth-order valence-electron chi connectivity index (χ4n) is 3.20. The van der Waals surface area contributed by atoms with Crippen LogP contribution < -0.4 is 9.62 Å². The van der Waals surface area contributed by atoms with Crippen LogP contribution in [0.1, 0.15) is 28.9 Å². The quantitative estimate of drug-likeness (QED) is 0.747. The maximum atomic E-state index is 12.5. The smallest absolute Gasteiger partial charge is 0.255 e. The Labute approximate surface area is 157 Å². The highest BCUT2D eigenvalue weighted by atomic mass is 32.2. The van der Waals surface area contributed by atoms with Gasteiger partial charge in [-0.15, -0.1) is 0 Å². The molecule has 140 valence electrons. The third-order valence-electron chi connectivity index (χ3n) is 4.67. The van der Waals surface area contributed by atoms with Gasteiger partial charge in [0.1, 0.15) is 0 Å². The molecule has 0 radical (unpaired) electrons. The lowest BCUT2D eigenvalue weighted by Gasteiger charge is -2.28. The summed E-state index contributed by atoms with van der Waals surface area (Å²) in [6, 6.07) is 11.9. The average molecular weight is 385 g/mol. The molecule has 1 amide bonds. The second kappa shape index (κ2) is 6.70. The molecular formula is C19H19N3O4S. The van der Waals surface area contributed by atoms with Crippen LogP contribution in [0.4, 0.5) is 11.4 Å². The first-order valence-corrected chi connectivity index (χ1v) is 10.3. The fraction of sp³-hybridized carbons (Fsp3) is 0.263. The third-order valence-corrected chi connectivity index (χ3v) is 6.54. The number of benzene rings is 2. The normalized spacial score (nSPS) is 16.4. The summed E-state index contributed by atoms with van der Waals surface area (Å²) in [5.41, 5.74) is 3.11. The molecule has 0 aliphatic carbocycles. The number of fused-ring (bicyclic) bond motifs is 1. The van der Waals surface area contributed by atoms with E-state index in [0.29, 0.717) is 35.5 Å². The van der Waals surface area contributed by atoms with Crippen LogP contribution in [-0.2, 0) is 10.0 Å². The Morgan fingerprint density at radius 1 is 1.15 bits per heavy atom. The van der Waals surface area contributed by atoms with Gasteiger partial charge in [0.05, 0.1) is 17.1 Å². The Kier molecular flexibility index (Phi) is 4.35. The lowest BCUT2D eigenvalue weighted by molar-refractivity contribution is 0.102. The van der Waals surface area contributed by atoms with Gasteiger partial charge in [-0.1, -0.05) is 5.16 Å². The largest absolute Gasteiger partial charge is 0.356 e. The number of carbonyl (C=O) groups excluding carboxylic acids is 1. The van der Waals surface area contributed by atoms with Gasteiger partial charge < -0.3 is 9.84 Å². The molecule has 0 bridgehead atoms. The predicted octanol–water partition coefficient (Wildman–Crippen LogP) is 3.32. The van der Waals surface area contributed by atoms with E-state index in [0.717, 1.165) is 17.5 Å². The van der Waals surface area contributed by atoms with Crippen molar-refractivity contribution in [2.45, 2.75) is 19.8 Å². The van der Waals surface area contributed by atoms with E-state index in [1.807, 2.05) is 13.0 Å². The van der Waals surface area contributed by atoms with Crippen LogP contribution in [0.2, 0.25) is 0 Å². The molecule has 1 fully saturated rings. The van der Waals surface area contributed by atoms with Crippen LogP contribution in [-0.4, -0.2) is 31.8 Å². The molecule has 8 heteroatoms. The van der Waals surface area contributed by atoms with Crippen LogP contribution in [0.25, 0.3) is 11.0 Å². The van der Waals surface area contributed by atoms with Crippen molar-refractivity contribution in [3.8, 4) is 0 Å². The number of anilines is 2. The van der Waals surface area contributed by atoms with Gasteiger partial charge in [0.2, 0.25) is 10.0 Å². The van der Waals surface area contributed by atoms with Crippen LogP contribution in [0.3, 0.4) is 0 Å². The lowest BCUT2D eigenvalue weighted by Crippen LogP contribution is -2.37. The molecule has 3 aromatic rings. The van der Waals surface area contributed by atoms with Gasteiger partial charge in [0, 0.05) is 23.2 Å². The van der Waals surface area contributed by atoms with Crippen LogP contribution >= 0.6 is 0 Å². The van der Waals surface area contributed by atoms with Gasteiger partial charge in [0.25, 0.3) is 5.91 Å². The van der Waals surface area contributed by atoms with E-state index in [9.17, 15) is 13.2 Å². The lowest BCUT2D eigenvalue weighted by atomic mass is 10.1. The van der Waals surface area contributed by atoms with E-state index in [-0.39, 0.29) is 11.7 Å². The molecule has 1 aliphatic rings. The monoisotopic (exact) mass is 385 g/mol. The highest BCUT2D eigenvalue weighted by molar-refractivity contribution is 7.92. The van der Waals surface area contributed by atoms with E-state index < -0.39 is 10.0 Å². The molecule has 1 aromatic heterocycles. The molecule has 1 saturated heterocycles. The first kappa shape index (κ1) is 17.5. The predicted molar refractivity (Wildman–Crippen MR) is 104 cm³/mol. The van der Waals surface area contributed by atoms with Crippen molar-refractivity contribution < 1.29 is 17.7 Å². The number of aromatic nitrogens is 1. The Morgan fingerprint density at radius 3 is 2.67 bits per heavy atom. The number of hydrogen-bond donors (Lipinski definition) is 1. The third kappa shape index (κ3) is 3.40.